The Kier molecular flexibility index (Phi) is 3.48. The standard InChI is InChI=1S/C16H23BrN2/c1-15-8-16(2,10-18-9-15)12-19(11-15)7-13-4-3-5-14(17)6-13/h3-6,18H,7-12H2,1-2H3/t15-,16-/m0/s1. The van der Waals surface area contributed by atoms with Crippen LogP contribution in [0.25, 0.3) is 0 Å². The second kappa shape index (κ2) is 4.87. The fraction of sp³-hybridized carbons (Fsp3) is 0.625. The molecule has 2 nitrogen and oxygen atoms in total. The number of fused-ring (bicyclic) bond motifs is 2. The van der Waals surface area contributed by atoms with Crippen LogP contribution in [0.4, 0.5) is 0 Å². The number of benzene rings is 1. The number of piperidine rings is 2. The summed E-state index contributed by atoms with van der Waals surface area (Å²) in [4.78, 5) is 2.64. The van der Waals surface area contributed by atoms with Crippen LogP contribution < -0.4 is 5.32 Å². The van der Waals surface area contributed by atoms with E-state index in [1.54, 1.807) is 0 Å². The summed E-state index contributed by atoms with van der Waals surface area (Å²) in [6, 6.07) is 8.71. The molecule has 3 heteroatoms. The first-order chi connectivity index (χ1) is 8.96. The Bertz CT molecular complexity index is 458. The highest BCUT2D eigenvalue weighted by Crippen LogP contribution is 2.42. The molecular weight excluding hydrogens is 300 g/mol. The molecule has 2 aliphatic heterocycles. The largest absolute Gasteiger partial charge is 0.316 e. The number of hydrogen-bond acceptors (Lipinski definition) is 2. The maximum Gasteiger partial charge on any atom is 0.0234 e. The molecule has 2 aliphatic rings. The molecule has 2 atom stereocenters. The van der Waals surface area contributed by atoms with Crippen molar-refractivity contribution in [2.75, 3.05) is 26.2 Å². The van der Waals surface area contributed by atoms with Gasteiger partial charge in [-0.05, 0) is 34.9 Å². The molecule has 0 unspecified atom stereocenters. The first kappa shape index (κ1) is 13.6. The van der Waals surface area contributed by atoms with Gasteiger partial charge in [-0.15, -0.1) is 0 Å². The first-order valence-electron chi connectivity index (χ1n) is 7.14. The van der Waals surface area contributed by atoms with Crippen molar-refractivity contribution >= 4 is 15.9 Å². The Morgan fingerprint density at radius 3 is 2.53 bits per heavy atom. The van der Waals surface area contributed by atoms with Gasteiger partial charge < -0.3 is 5.32 Å². The average molecular weight is 323 g/mol. The molecule has 104 valence electrons. The monoisotopic (exact) mass is 322 g/mol. The molecular formula is C16H23BrN2. The fourth-order valence-electron chi connectivity index (χ4n) is 4.19. The maximum atomic E-state index is 3.63. The van der Waals surface area contributed by atoms with Gasteiger partial charge in [-0.1, -0.05) is 41.9 Å². The van der Waals surface area contributed by atoms with Crippen molar-refractivity contribution in [2.45, 2.75) is 26.8 Å². The van der Waals surface area contributed by atoms with Crippen LogP contribution >= 0.6 is 15.9 Å². The zero-order valence-corrected chi connectivity index (χ0v) is 13.5. The van der Waals surface area contributed by atoms with Gasteiger partial charge in [0.05, 0.1) is 0 Å². The summed E-state index contributed by atoms with van der Waals surface area (Å²) >= 11 is 3.57. The lowest BCUT2D eigenvalue weighted by molar-refractivity contribution is -0.0237. The lowest BCUT2D eigenvalue weighted by Gasteiger charge is -2.54. The van der Waals surface area contributed by atoms with Crippen LogP contribution in [-0.2, 0) is 6.54 Å². The summed E-state index contributed by atoms with van der Waals surface area (Å²) < 4.78 is 1.18. The van der Waals surface area contributed by atoms with Gasteiger partial charge in [-0.2, -0.15) is 0 Å². The molecule has 3 rings (SSSR count). The van der Waals surface area contributed by atoms with Crippen molar-refractivity contribution in [3.8, 4) is 0 Å². The van der Waals surface area contributed by atoms with E-state index in [1.807, 2.05) is 0 Å². The second-order valence-electron chi connectivity index (χ2n) is 7.18. The van der Waals surface area contributed by atoms with E-state index in [0.717, 1.165) is 19.6 Å². The molecule has 1 aromatic rings. The molecule has 0 radical (unpaired) electrons. The summed E-state index contributed by atoms with van der Waals surface area (Å²) in [6.45, 7) is 10.7. The van der Waals surface area contributed by atoms with Gasteiger partial charge in [0.25, 0.3) is 0 Å². The Hall–Kier alpha value is -0.380. The number of halogens is 1. The van der Waals surface area contributed by atoms with Crippen LogP contribution in [0.3, 0.4) is 0 Å². The number of nitrogens with one attached hydrogen (secondary N) is 1. The molecule has 1 N–H and O–H groups in total. The Balaban J connectivity index is 1.75. The summed E-state index contributed by atoms with van der Waals surface area (Å²) in [5.41, 5.74) is 2.30. The molecule has 2 bridgehead atoms. The van der Waals surface area contributed by atoms with E-state index in [1.165, 1.54) is 29.5 Å². The molecule has 2 heterocycles. The maximum absolute atomic E-state index is 3.63. The Labute approximate surface area is 124 Å². The Morgan fingerprint density at radius 1 is 1.21 bits per heavy atom. The molecule has 0 spiro atoms. The van der Waals surface area contributed by atoms with Crippen LogP contribution in [0, 0.1) is 10.8 Å². The highest BCUT2D eigenvalue weighted by atomic mass is 79.9. The minimum atomic E-state index is 0.442. The minimum absolute atomic E-state index is 0.442. The lowest BCUT2D eigenvalue weighted by atomic mass is 9.66. The smallest absolute Gasteiger partial charge is 0.0234 e. The van der Waals surface area contributed by atoms with Crippen LogP contribution in [0.2, 0.25) is 0 Å². The molecule has 0 aliphatic carbocycles. The third-order valence-electron chi connectivity index (χ3n) is 4.46. The molecule has 1 aromatic carbocycles. The summed E-state index contributed by atoms with van der Waals surface area (Å²) in [6.07, 6.45) is 1.36. The quantitative estimate of drug-likeness (QED) is 0.899. The van der Waals surface area contributed by atoms with E-state index >= 15 is 0 Å². The summed E-state index contributed by atoms with van der Waals surface area (Å²) in [5.74, 6) is 0. The van der Waals surface area contributed by atoms with Crippen LogP contribution in [0.15, 0.2) is 28.7 Å². The predicted octanol–water partition coefficient (Wildman–Crippen LogP) is 3.27. The van der Waals surface area contributed by atoms with Crippen molar-refractivity contribution in [2.24, 2.45) is 10.8 Å². The molecule has 2 fully saturated rings. The van der Waals surface area contributed by atoms with Crippen LogP contribution in [0.5, 0.6) is 0 Å². The van der Waals surface area contributed by atoms with Crippen molar-refractivity contribution in [1.82, 2.24) is 10.2 Å². The number of rotatable bonds is 2. The van der Waals surface area contributed by atoms with Crippen LogP contribution in [-0.4, -0.2) is 31.1 Å². The zero-order chi connectivity index (χ0) is 13.5. The van der Waals surface area contributed by atoms with Gasteiger partial charge in [0.1, 0.15) is 0 Å². The van der Waals surface area contributed by atoms with Crippen molar-refractivity contribution < 1.29 is 0 Å². The topological polar surface area (TPSA) is 15.3 Å². The number of nitrogens with zero attached hydrogens (tertiary/aromatic N) is 1. The molecule has 0 aromatic heterocycles. The zero-order valence-electron chi connectivity index (χ0n) is 11.9. The van der Waals surface area contributed by atoms with Crippen molar-refractivity contribution in [1.29, 1.82) is 0 Å². The van der Waals surface area contributed by atoms with E-state index in [4.69, 9.17) is 0 Å². The second-order valence-corrected chi connectivity index (χ2v) is 8.09. The van der Waals surface area contributed by atoms with Crippen molar-refractivity contribution in [3.05, 3.63) is 34.3 Å². The highest BCUT2D eigenvalue weighted by Gasteiger charge is 2.45. The Morgan fingerprint density at radius 2 is 1.89 bits per heavy atom. The van der Waals surface area contributed by atoms with Gasteiger partial charge in [0.15, 0.2) is 0 Å². The van der Waals surface area contributed by atoms with E-state index < -0.39 is 0 Å². The summed E-state index contributed by atoms with van der Waals surface area (Å²) in [7, 11) is 0. The van der Waals surface area contributed by atoms with Gasteiger partial charge in [0, 0.05) is 37.2 Å². The van der Waals surface area contributed by atoms with Gasteiger partial charge in [-0.25, -0.2) is 0 Å². The predicted molar refractivity (Wildman–Crippen MR) is 83.1 cm³/mol. The fourth-order valence-corrected chi connectivity index (χ4v) is 4.63. The van der Waals surface area contributed by atoms with Crippen molar-refractivity contribution in [3.63, 3.8) is 0 Å². The number of hydrogen-bond donors (Lipinski definition) is 1. The average Bonchev–Trinajstić information content (AvgIpc) is 2.25. The molecule has 19 heavy (non-hydrogen) atoms. The van der Waals surface area contributed by atoms with Gasteiger partial charge in [-0.3, -0.25) is 4.90 Å². The highest BCUT2D eigenvalue weighted by molar-refractivity contribution is 9.10. The van der Waals surface area contributed by atoms with E-state index in [2.05, 4.69) is 64.3 Å². The third-order valence-corrected chi connectivity index (χ3v) is 4.96. The molecule has 0 amide bonds. The van der Waals surface area contributed by atoms with E-state index in [-0.39, 0.29) is 0 Å². The van der Waals surface area contributed by atoms with Gasteiger partial charge >= 0.3 is 0 Å². The number of likely N-dealkylation sites (tertiary alicyclic amines) is 1. The van der Waals surface area contributed by atoms with Gasteiger partial charge in [0.2, 0.25) is 0 Å². The lowest BCUT2D eigenvalue weighted by Crippen LogP contribution is -2.60. The normalized spacial score (nSPS) is 35.3. The molecule has 2 saturated heterocycles. The minimum Gasteiger partial charge on any atom is -0.316 e. The van der Waals surface area contributed by atoms with E-state index in [9.17, 15) is 0 Å². The first-order valence-corrected chi connectivity index (χ1v) is 7.93. The van der Waals surface area contributed by atoms with E-state index in [0.29, 0.717) is 10.8 Å². The third kappa shape index (κ3) is 3.04. The SMILES string of the molecule is C[C@]12CNC[C@@](C)(CN(Cc3cccc(Br)c3)C1)C2. The summed E-state index contributed by atoms with van der Waals surface area (Å²) in [5, 5.41) is 3.63. The van der Waals surface area contributed by atoms with Crippen LogP contribution in [0.1, 0.15) is 25.8 Å². The molecule has 0 saturated carbocycles.